The third-order valence-corrected chi connectivity index (χ3v) is 4.01. The zero-order chi connectivity index (χ0) is 11.3. The first-order valence-electron chi connectivity index (χ1n) is 5.78. The molecule has 1 heterocycles. The van der Waals surface area contributed by atoms with Gasteiger partial charge in [0.1, 0.15) is 0 Å². The molecule has 1 rings (SSSR count). The summed E-state index contributed by atoms with van der Waals surface area (Å²) in [5.74, 6) is 1.23. The second-order valence-electron chi connectivity index (χ2n) is 4.57. The highest BCUT2D eigenvalue weighted by Gasteiger charge is 2.28. The van der Waals surface area contributed by atoms with Gasteiger partial charge >= 0.3 is 0 Å². The molecule has 1 fully saturated rings. The lowest BCUT2D eigenvalue weighted by atomic mass is 10.2. The lowest BCUT2D eigenvalue weighted by molar-refractivity contribution is 0.215. The number of hydrogen-bond acceptors (Lipinski definition) is 4. The predicted molar refractivity (Wildman–Crippen MR) is 69.5 cm³/mol. The van der Waals surface area contributed by atoms with E-state index in [-0.39, 0.29) is 0 Å². The minimum absolute atomic E-state index is 0.599. The quantitative estimate of drug-likeness (QED) is 0.729. The molecule has 0 bridgehead atoms. The molecule has 0 aromatic heterocycles. The van der Waals surface area contributed by atoms with E-state index in [4.69, 9.17) is 5.73 Å². The van der Waals surface area contributed by atoms with E-state index in [9.17, 15) is 0 Å². The number of rotatable bonds is 6. The van der Waals surface area contributed by atoms with Crippen LogP contribution in [-0.4, -0.2) is 67.6 Å². The van der Waals surface area contributed by atoms with Gasteiger partial charge in [0.25, 0.3) is 0 Å². The molecule has 0 radical (unpaired) electrons. The van der Waals surface area contributed by atoms with Crippen LogP contribution in [0.2, 0.25) is 0 Å². The first-order chi connectivity index (χ1) is 7.19. The molecule has 2 N–H and O–H groups in total. The Balaban J connectivity index is 2.35. The van der Waals surface area contributed by atoms with Crippen LogP contribution in [0.5, 0.6) is 0 Å². The van der Waals surface area contributed by atoms with Gasteiger partial charge in [-0.05, 0) is 38.9 Å². The Kier molecular flexibility index (Phi) is 5.97. The average Bonchev–Trinajstić information content (AvgIpc) is 2.68. The number of nitrogens with two attached hydrogens (primary N) is 1. The molecule has 90 valence electrons. The van der Waals surface area contributed by atoms with Gasteiger partial charge in [-0.15, -0.1) is 0 Å². The van der Waals surface area contributed by atoms with Crippen LogP contribution >= 0.6 is 11.8 Å². The van der Waals surface area contributed by atoms with E-state index in [0.29, 0.717) is 6.04 Å². The standard InChI is InChI=1S/C11H25N3S/c1-13(2)11-4-6-14(9-11)10(8-12)5-7-15-3/h10-11H,4-9,12H2,1-3H3. The summed E-state index contributed by atoms with van der Waals surface area (Å²) in [5, 5.41) is 0. The number of likely N-dealkylation sites (tertiary alicyclic amines) is 1. The number of nitrogens with zero attached hydrogens (tertiary/aromatic N) is 2. The summed E-state index contributed by atoms with van der Waals surface area (Å²) in [6, 6.07) is 1.33. The fraction of sp³-hybridized carbons (Fsp3) is 1.00. The Hall–Kier alpha value is 0.230. The van der Waals surface area contributed by atoms with Gasteiger partial charge in [0.05, 0.1) is 0 Å². The van der Waals surface area contributed by atoms with Crippen molar-refractivity contribution in [2.45, 2.75) is 24.9 Å². The molecule has 0 amide bonds. The van der Waals surface area contributed by atoms with E-state index in [1.807, 2.05) is 11.8 Å². The molecule has 1 aliphatic heterocycles. The minimum Gasteiger partial charge on any atom is -0.329 e. The van der Waals surface area contributed by atoms with Gasteiger partial charge < -0.3 is 10.6 Å². The van der Waals surface area contributed by atoms with Gasteiger partial charge in [-0.2, -0.15) is 11.8 Å². The van der Waals surface area contributed by atoms with Gasteiger partial charge in [-0.25, -0.2) is 0 Å². The van der Waals surface area contributed by atoms with Crippen molar-refractivity contribution in [3.63, 3.8) is 0 Å². The van der Waals surface area contributed by atoms with Crippen molar-refractivity contribution in [1.29, 1.82) is 0 Å². The molecule has 0 aromatic rings. The van der Waals surface area contributed by atoms with Crippen molar-refractivity contribution in [2.75, 3.05) is 45.7 Å². The maximum Gasteiger partial charge on any atom is 0.0229 e. The number of thioether (sulfide) groups is 1. The Labute approximate surface area is 98.4 Å². The van der Waals surface area contributed by atoms with Crippen LogP contribution in [0.25, 0.3) is 0 Å². The maximum absolute atomic E-state index is 5.85. The van der Waals surface area contributed by atoms with Crippen LogP contribution in [0, 0.1) is 0 Å². The van der Waals surface area contributed by atoms with Gasteiger partial charge in [0.2, 0.25) is 0 Å². The van der Waals surface area contributed by atoms with Crippen LogP contribution in [0.4, 0.5) is 0 Å². The summed E-state index contributed by atoms with van der Waals surface area (Å²) in [7, 11) is 4.35. The second kappa shape index (κ2) is 6.74. The van der Waals surface area contributed by atoms with E-state index in [2.05, 4.69) is 30.2 Å². The molecular weight excluding hydrogens is 206 g/mol. The fourth-order valence-electron chi connectivity index (χ4n) is 2.22. The lowest BCUT2D eigenvalue weighted by Gasteiger charge is -2.27. The van der Waals surface area contributed by atoms with Gasteiger partial charge in [0, 0.05) is 31.7 Å². The molecule has 0 saturated carbocycles. The highest BCUT2D eigenvalue weighted by molar-refractivity contribution is 7.98. The highest BCUT2D eigenvalue weighted by atomic mass is 32.2. The number of hydrogen-bond donors (Lipinski definition) is 1. The zero-order valence-corrected chi connectivity index (χ0v) is 11.1. The lowest BCUT2D eigenvalue weighted by Crippen LogP contribution is -2.41. The zero-order valence-electron chi connectivity index (χ0n) is 10.3. The Bertz CT molecular complexity index is 175. The normalized spacial score (nSPS) is 25.0. The monoisotopic (exact) mass is 231 g/mol. The highest BCUT2D eigenvalue weighted by Crippen LogP contribution is 2.18. The molecular formula is C11H25N3S. The molecule has 1 saturated heterocycles. The summed E-state index contributed by atoms with van der Waals surface area (Å²) in [5.41, 5.74) is 5.85. The summed E-state index contributed by atoms with van der Waals surface area (Å²) >= 11 is 1.92. The van der Waals surface area contributed by atoms with Crippen molar-refractivity contribution in [3.05, 3.63) is 0 Å². The summed E-state index contributed by atoms with van der Waals surface area (Å²) in [4.78, 5) is 4.91. The predicted octanol–water partition coefficient (Wildman–Crippen LogP) is 0.703. The Morgan fingerprint density at radius 2 is 2.27 bits per heavy atom. The second-order valence-corrected chi connectivity index (χ2v) is 5.56. The van der Waals surface area contributed by atoms with Gasteiger partial charge in [-0.3, -0.25) is 4.90 Å². The van der Waals surface area contributed by atoms with E-state index < -0.39 is 0 Å². The summed E-state index contributed by atoms with van der Waals surface area (Å²) in [6.45, 7) is 3.23. The van der Waals surface area contributed by atoms with Gasteiger partial charge in [-0.1, -0.05) is 0 Å². The first kappa shape index (κ1) is 13.3. The van der Waals surface area contributed by atoms with Crippen molar-refractivity contribution in [3.8, 4) is 0 Å². The Morgan fingerprint density at radius 3 is 2.73 bits per heavy atom. The van der Waals surface area contributed by atoms with Crippen LogP contribution in [-0.2, 0) is 0 Å². The average molecular weight is 231 g/mol. The molecule has 2 unspecified atom stereocenters. The third kappa shape index (κ3) is 3.94. The molecule has 3 nitrogen and oxygen atoms in total. The Morgan fingerprint density at radius 1 is 1.53 bits per heavy atom. The van der Waals surface area contributed by atoms with E-state index in [0.717, 1.165) is 12.6 Å². The smallest absolute Gasteiger partial charge is 0.0229 e. The summed E-state index contributed by atoms with van der Waals surface area (Å²) < 4.78 is 0. The van der Waals surface area contributed by atoms with E-state index >= 15 is 0 Å². The molecule has 4 heteroatoms. The van der Waals surface area contributed by atoms with Crippen LogP contribution in [0.15, 0.2) is 0 Å². The molecule has 0 aliphatic carbocycles. The number of likely N-dealkylation sites (N-methyl/N-ethyl adjacent to an activating group) is 1. The van der Waals surface area contributed by atoms with Crippen molar-refractivity contribution >= 4 is 11.8 Å². The first-order valence-corrected chi connectivity index (χ1v) is 7.18. The largest absolute Gasteiger partial charge is 0.329 e. The third-order valence-electron chi connectivity index (χ3n) is 3.37. The molecule has 0 spiro atoms. The van der Waals surface area contributed by atoms with Crippen molar-refractivity contribution < 1.29 is 0 Å². The van der Waals surface area contributed by atoms with Crippen molar-refractivity contribution in [2.24, 2.45) is 5.73 Å². The SMILES string of the molecule is CSCCC(CN)N1CCC(N(C)C)C1. The van der Waals surface area contributed by atoms with Crippen LogP contribution < -0.4 is 5.73 Å². The van der Waals surface area contributed by atoms with Gasteiger partial charge in [0.15, 0.2) is 0 Å². The fourth-order valence-corrected chi connectivity index (χ4v) is 2.73. The topological polar surface area (TPSA) is 32.5 Å². The maximum atomic E-state index is 5.85. The van der Waals surface area contributed by atoms with Crippen LogP contribution in [0.1, 0.15) is 12.8 Å². The molecule has 0 aromatic carbocycles. The van der Waals surface area contributed by atoms with Crippen molar-refractivity contribution in [1.82, 2.24) is 9.80 Å². The minimum atomic E-state index is 0.599. The molecule has 15 heavy (non-hydrogen) atoms. The van der Waals surface area contributed by atoms with E-state index in [1.54, 1.807) is 0 Å². The molecule has 2 atom stereocenters. The van der Waals surface area contributed by atoms with Crippen LogP contribution in [0.3, 0.4) is 0 Å². The van der Waals surface area contributed by atoms with E-state index in [1.165, 1.54) is 31.7 Å². The summed E-state index contributed by atoms with van der Waals surface area (Å²) in [6.07, 6.45) is 4.70. The molecule has 1 aliphatic rings.